The van der Waals surface area contributed by atoms with Gasteiger partial charge in [-0.3, -0.25) is 4.79 Å². The van der Waals surface area contributed by atoms with Crippen LogP contribution in [0.1, 0.15) is 85.5 Å². The number of carboxylic acids is 1. The predicted molar refractivity (Wildman–Crippen MR) is 150 cm³/mol. The number of hydrogen-bond acceptors (Lipinski definition) is 6. The van der Waals surface area contributed by atoms with Crippen LogP contribution in [0.3, 0.4) is 0 Å². The number of rotatable bonds is 3. The van der Waals surface area contributed by atoms with Gasteiger partial charge < -0.3 is 20.1 Å². The van der Waals surface area contributed by atoms with Gasteiger partial charge in [0.25, 0.3) is 0 Å². The van der Waals surface area contributed by atoms with E-state index in [2.05, 4.69) is 12.2 Å². The summed E-state index contributed by atoms with van der Waals surface area (Å²) in [7, 11) is 0. The Morgan fingerprint density at radius 2 is 1.88 bits per heavy atom. The molecule has 0 aromatic heterocycles. The number of ketones is 1. The van der Waals surface area contributed by atoms with Crippen molar-refractivity contribution in [1.29, 1.82) is 0 Å². The summed E-state index contributed by atoms with van der Waals surface area (Å²) in [5, 5.41) is 33.5. The second-order valence-corrected chi connectivity index (χ2v) is 13.1. The second-order valence-electron chi connectivity index (χ2n) is 13.1. The molecule has 1 heterocycles. The van der Waals surface area contributed by atoms with Gasteiger partial charge in [0, 0.05) is 23.3 Å². The van der Waals surface area contributed by atoms with Gasteiger partial charge in [0.1, 0.15) is 11.3 Å². The molecule has 1 saturated carbocycles. The Hall–Kier alpha value is -2.67. The molecule has 0 radical (unpaired) electrons. The first kappa shape index (κ1) is 28.8. The van der Waals surface area contributed by atoms with Gasteiger partial charge in [-0.1, -0.05) is 57.6 Å². The lowest BCUT2D eigenvalue weighted by Gasteiger charge is -2.54. The molecule has 40 heavy (non-hydrogen) atoms. The van der Waals surface area contributed by atoms with Crippen molar-refractivity contribution in [2.24, 2.45) is 40.4 Å². The molecular formula is C33H44O7. The van der Waals surface area contributed by atoms with Gasteiger partial charge in [-0.15, -0.1) is 0 Å². The molecule has 1 aliphatic heterocycles. The Labute approximate surface area is 237 Å². The molecule has 4 aliphatic carbocycles. The fourth-order valence-corrected chi connectivity index (χ4v) is 8.83. The van der Waals surface area contributed by atoms with Crippen LogP contribution in [0.2, 0.25) is 0 Å². The van der Waals surface area contributed by atoms with E-state index in [9.17, 15) is 29.7 Å². The zero-order chi connectivity index (χ0) is 29.0. The summed E-state index contributed by atoms with van der Waals surface area (Å²) in [6, 6.07) is 0. The third kappa shape index (κ3) is 3.98. The van der Waals surface area contributed by atoms with Crippen molar-refractivity contribution < 1.29 is 34.4 Å². The molecule has 1 spiro atoms. The number of fused-ring (bicyclic) bond motifs is 4. The van der Waals surface area contributed by atoms with Crippen molar-refractivity contribution in [1.82, 2.24) is 0 Å². The van der Waals surface area contributed by atoms with Crippen molar-refractivity contribution in [3.05, 3.63) is 47.3 Å². The number of carbonyl (C=O) groups is 3. The van der Waals surface area contributed by atoms with E-state index in [-0.39, 0.29) is 47.0 Å². The third-order valence-electron chi connectivity index (χ3n) is 11.2. The molecule has 218 valence electrons. The second kappa shape index (κ2) is 10.3. The van der Waals surface area contributed by atoms with Crippen LogP contribution in [0, 0.1) is 40.4 Å². The predicted octanol–water partition coefficient (Wildman–Crippen LogP) is 5.85. The highest BCUT2D eigenvalue weighted by Gasteiger charge is 2.66. The number of aliphatic carboxylic acids is 1. The van der Waals surface area contributed by atoms with Gasteiger partial charge in [0.05, 0.1) is 11.5 Å². The van der Waals surface area contributed by atoms with Crippen molar-refractivity contribution in [3.63, 3.8) is 0 Å². The van der Waals surface area contributed by atoms with Crippen LogP contribution in [-0.2, 0) is 19.1 Å². The van der Waals surface area contributed by atoms with E-state index in [1.165, 1.54) is 0 Å². The van der Waals surface area contributed by atoms with Gasteiger partial charge in [-0.05, 0) is 75.5 Å². The van der Waals surface area contributed by atoms with Crippen LogP contribution in [-0.4, -0.2) is 44.7 Å². The normalized spacial score (nSPS) is 46.0. The summed E-state index contributed by atoms with van der Waals surface area (Å²) in [5.41, 5.74) is -3.75. The maximum Gasteiger partial charge on any atom is 0.346 e. The van der Waals surface area contributed by atoms with Crippen molar-refractivity contribution in [3.8, 4) is 0 Å². The minimum atomic E-state index is -1.63. The first-order chi connectivity index (χ1) is 19.0. The minimum absolute atomic E-state index is 0.0502. The van der Waals surface area contributed by atoms with Gasteiger partial charge in [-0.25, -0.2) is 9.59 Å². The van der Waals surface area contributed by atoms with E-state index in [0.717, 1.165) is 38.5 Å². The number of allylic oxidation sites excluding steroid dienone is 3. The van der Waals surface area contributed by atoms with Gasteiger partial charge in [0.2, 0.25) is 5.78 Å². The number of carboxylic acid groups (broad SMARTS) is 1. The Morgan fingerprint density at radius 3 is 2.55 bits per heavy atom. The largest absolute Gasteiger partial charge is 0.511 e. The van der Waals surface area contributed by atoms with Crippen LogP contribution >= 0.6 is 0 Å². The zero-order valence-corrected chi connectivity index (χ0v) is 24.2. The lowest BCUT2D eigenvalue weighted by atomic mass is 9.50. The van der Waals surface area contributed by atoms with E-state index < -0.39 is 46.2 Å². The van der Waals surface area contributed by atoms with E-state index >= 15 is 0 Å². The summed E-state index contributed by atoms with van der Waals surface area (Å²) in [5.74, 6) is -3.35. The topological polar surface area (TPSA) is 121 Å². The van der Waals surface area contributed by atoms with E-state index in [4.69, 9.17) is 4.74 Å². The molecule has 0 amide bonds. The monoisotopic (exact) mass is 552 g/mol. The Bertz CT molecular complexity index is 1210. The number of ether oxygens (including phenoxy) is 1. The van der Waals surface area contributed by atoms with E-state index in [1.54, 1.807) is 13.0 Å². The van der Waals surface area contributed by atoms with Gasteiger partial charge in [0.15, 0.2) is 5.60 Å². The summed E-state index contributed by atoms with van der Waals surface area (Å²) >= 11 is 0. The van der Waals surface area contributed by atoms with Crippen LogP contribution in [0.25, 0.3) is 0 Å². The van der Waals surface area contributed by atoms with E-state index in [0.29, 0.717) is 12.8 Å². The van der Waals surface area contributed by atoms with Crippen LogP contribution in [0.4, 0.5) is 0 Å². The molecule has 2 fully saturated rings. The molecule has 7 heteroatoms. The fraction of sp³-hybridized carbons (Fsp3) is 0.667. The standard InChI is InChI=1S/C33H44O7/c1-5-20-17-33-28(36)25(30(39)40-33)27(35)32(6-2)21(13-14-22-24(32)15-12-19(3)26(22)34)11-9-7-8-10-16-31(33,4)18-23(20)29(37)38/h10,13-14,16,18-22,24,26,34-35H,5-9,11-12,15,17H2,1-4H3,(H,37,38)/b16-10+,27-25+/t19-,20-,21+,22?,24?,26-,31-,32+,33+/m0/s1. The molecule has 1 saturated heterocycles. The van der Waals surface area contributed by atoms with Crippen molar-refractivity contribution in [2.75, 3.05) is 0 Å². The zero-order valence-electron chi connectivity index (χ0n) is 24.2. The number of hydrogen-bond donors (Lipinski definition) is 3. The maximum absolute atomic E-state index is 14.6. The molecule has 5 rings (SSSR count). The number of carbonyl (C=O) groups excluding carboxylic acids is 2. The minimum Gasteiger partial charge on any atom is -0.511 e. The smallest absolute Gasteiger partial charge is 0.346 e. The number of esters is 1. The highest BCUT2D eigenvalue weighted by atomic mass is 16.6. The lowest BCUT2D eigenvalue weighted by molar-refractivity contribution is -0.162. The molecule has 7 nitrogen and oxygen atoms in total. The number of Topliss-reactive ketones (excluding diaryl/α,β-unsaturated/α-hetero) is 1. The average molecular weight is 553 g/mol. The van der Waals surface area contributed by atoms with Crippen LogP contribution in [0.5, 0.6) is 0 Å². The van der Waals surface area contributed by atoms with Crippen LogP contribution in [0.15, 0.2) is 47.3 Å². The van der Waals surface area contributed by atoms with Gasteiger partial charge >= 0.3 is 11.9 Å². The Balaban J connectivity index is 1.74. The highest BCUT2D eigenvalue weighted by Crippen LogP contribution is 2.61. The first-order valence-corrected chi connectivity index (χ1v) is 15.2. The van der Waals surface area contributed by atoms with Crippen molar-refractivity contribution in [2.45, 2.75) is 97.2 Å². The quantitative estimate of drug-likeness (QED) is 0.228. The summed E-state index contributed by atoms with van der Waals surface area (Å²) in [6.07, 6.45) is 15.0. The lowest BCUT2D eigenvalue weighted by Crippen LogP contribution is -2.54. The Kier molecular flexibility index (Phi) is 7.43. The number of aliphatic hydroxyl groups excluding tert-OH is 2. The fourth-order valence-electron chi connectivity index (χ4n) is 8.83. The molecule has 3 N–H and O–H groups in total. The summed E-state index contributed by atoms with van der Waals surface area (Å²) in [6.45, 7) is 7.68. The van der Waals surface area contributed by atoms with Gasteiger partial charge in [-0.2, -0.15) is 0 Å². The maximum atomic E-state index is 14.6. The molecule has 2 bridgehead atoms. The number of aliphatic hydroxyl groups is 2. The summed E-state index contributed by atoms with van der Waals surface area (Å²) in [4.78, 5) is 40.6. The average Bonchev–Trinajstić information content (AvgIpc) is 3.18. The molecule has 2 unspecified atom stereocenters. The SMILES string of the molecule is CC[C@H]1C[C@]23OC(=O)/C(=C(/O)[C@@]4(CC)C5CC[C@H](C)[C@H](O)C5C=C[C@H]4CCCC/C=C/[C@@]2(C)C=C1C(=O)O)C3=O. The van der Waals surface area contributed by atoms with E-state index in [1.807, 2.05) is 32.9 Å². The molecular weight excluding hydrogens is 508 g/mol. The molecule has 0 aromatic rings. The van der Waals surface area contributed by atoms with Crippen LogP contribution < -0.4 is 0 Å². The first-order valence-electron chi connectivity index (χ1n) is 15.2. The summed E-state index contributed by atoms with van der Waals surface area (Å²) < 4.78 is 6.09. The highest BCUT2D eigenvalue weighted by molar-refractivity contribution is 6.26. The van der Waals surface area contributed by atoms with Crippen molar-refractivity contribution >= 4 is 17.7 Å². The molecule has 9 atom stereocenters. The third-order valence-corrected chi connectivity index (χ3v) is 11.2. The molecule has 5 aliphatic rings. The Morgan fingerprint density at radius 1 is 1.12 bits per heavy atom. The molecule has 0 aromatic carbocycles.